The minimum atomic E-state index is -3.27. The summed E-state index contributed by atoms with van der Waals surface area (Å²) >= 11 is 0. The molecule has 232 valence electrons. The molecule has 8 heteroatoms. The Labute approximate surface area is 252 Å². The number of piperidine rings is 2. The maximum absolute atomic E-state index is 14.2. The zero-order valence-electron chi connectivity index (χ0n) is 26.4. The van der Waals surface area contributed by atoms with Gasteiger partial charge < -0.3 is 13.6 Å². The van der Waals surface area contributed by atoms with Crippen LogP contribution in [0.25, 0.3) is 11.0 Å². The van der Waals surface area contributed by atoms with E-state index in [2.05, 4.69) is 36.3 Å². The predicted molar refractivity (Wildman–Crippen MR) is 169 cm³/mol. The molecule has 2 saturated heterocycles. The van der Waals surface area contributed by atoms with Crippen molar-refractivity contribution >= 4 is 18.6 Å². The Balaban J connectivity index is 1.31. The Morgan fingerprint density at radius 3 is 2.36 bits per heavy atom. The largest absolute Gasteiger partial charge is 0.331 e. The van der Waals surface area contributed by atoms with Gasteiger partial charge in [0.1, 0.15) is 5.69 Å². The first-order valence-electron chi connectivity index (χ1n) is 16.9. The molecule has 1 aromatic carbocycles. The van der Waals surface area contributed by atoms with Crippen LogP contribution >= 0.6 is 7.60 Å². The van der Waals surface area contributed by atoms with Crippen LogP contribution in [0, 0.1) is 29.6 Å². The van der Waals surface area contributed by atoms with Crippen molar-refractivity contribution in [3.8, 4) is 0 Å². The molecule has 4 unspecified atom stereocenters. The second-order valence-corrected chi connectivity index (χ2v) is 16.2. The van der Waals surface area contributed by atoms with Crippen molar-refractivity contribution in [2.75, 3.05) is 19.4 Å². The average Bonchev–Trinajstić information content (AvgIpc) is 2.94. The molecule has 3 saturated carbocycles. The summed E-state index contributed by atoms with van der Waals surface area (Å²) in [7, 11) is -3.27. The molecule has 2 aromatic rings. The van der Waals surface area contributed by atoms with E-state index in [0.29, 0.717) is 43.0 Å². The zero-order valence-corrected chi connectivity index (χ0v) is 27.3. The maximum Gasteiger partial charge on any atom is 0.331 e. The number of nitrogens with zero attached hydrogens (tertiary/aromatic N) is 3. The number of aryl methyl sites for hydroxylation is 1. The van der Waals surface area contributed by atoms with E-state index in [1.807, 2.05) is 32.0 Å². The molecule has 1 aromatic heterocycles. The smallest absolute Gasteiger partial charge is 0.309 e. The molecule has 5 aliphatic rings. The summed E-state index contributed by atoms with van der Waals surface area (Å²) in [5.41, 5.74) is 2.18. The first-order valence-corrected chi connectivity index (χ1v) is 18.6. The lowest BCUT2D eigenvalue weighted by Gasteiger charge is -2.57. The van der Waals surface area contributed by atoms with E-state index in [4.69, 9.17) is 14.0 Å². The average molecular weight is 598 g/mol. The first kappa shape index (κ1) is 30.5. The number of benzene rings is 1. The van der Waals surface area contributed by atoms with E-state index in [1.165, 1.54) is 38.5 Å². The highest BCUT2D eigenvalue weighted by Crippen LogP contribution is 2.52. The lowest BCUT2D eigenvalue weighted by Crippen LogP contribution is -2.61. The highest BCUT2D eigenvalue weighted by atomic mass is 31.2. The molecule has 2 aliphatic heterocycles. The van der Waals surface area contributed by atoms with Crippen LogP contribution < -0.4 is 5.56 Å². The van der Waals surface area contributed by atoms with Gasteiger partial charge in [-0.1, -0.05) is 32.9 Å². The van der Waals surface area contributed by atoms with E-state index in [9.17, 15) is 9.36 Å². The number of para-hydroxylation sites is 2. The number of aromatic nitrogens is 2. The molecule has 0 N–H and O–H groups in total. The Bertz CT molecular complexity index is 1350. The molecule has 7 nitrogen and oxygen atoms in total. The Morgan fingerprint density at radius 2 is 1.62 bits per heavy atom. The fraction of sp³-hybridized carbons (Fsp3) is 0.765. The van der Waals surface area contributed by atoms with Crippen LogP contribution in [0.1, 0.15) is 97.7 Å². The molecule has 4 bridgehead atoms. The highest BCUT2D eigenvalue weighted by Gasteiger charge is 2.48. The van der Waals surface area contributed by atoms with E-state index in [0.717, 1.165) is 47.5 Å². The van der Waals surface area contributed by atoms with Gasteiger partial charge in [-0.25, -0.2) is 4.98 Å². The minimum Gasteiger partial charge on any atom is -0.309 e. The van der Waals surface area contributed by atoms with Crippen LogP contribution in [0.3, 0.4) is 0 Å². The number of rotatable bonds is 9. The summed E-state index contributed by atoms with van der Waals surface area (Å²) in [5.74, 6) is 4.09. The van der Waals surface area contributed by atoms with Crippen molar-refractivity contribution in [2.45, 2.75) is 117 Å². The first-order chi connectivity index (χ1) is 20.2. The molecule has 3 aliphatic carbocycles. The van der Waals surface area contributed by atoms with Gasteiger partial charge in [-0.3, -0.25) is 14.3 Å². The second kappa shape index (κ2) is 12.5. The summed E-state index contributed by atoms with van der Waals surface area (Å²) in [6.07, 6.45) is 10.5. The summed E-state index contributed by atoms with van der Waals surface area (Å²) < 4.78 is 26.4. The van der Waals surface area contributed by atoms with Gasteiger partial charge in [-0.2, -0.15) is 0 Å². The Hall–Kier alpha value is -1.53. The van der Waals surface area contributed by atoms with Crippen LogP contribution in [-0.2, 0) is 20.0 Å². The molecular formula is C34H52N3O4P. The van der Waals surface area contributed by atoms with Gasteiger partial charge >= 0.3 is 7.60 Å². The summed E-state index contributed by atoms with van der Waals surface area (Å²) in [4.78, 5) is 22.0. The summed E-state index contributed by atoms with van der Waals surface area (Å²) in [6.45, 7) is 11.7. The molecule has 0 radical (unpaired) electrons. The minimum absolute atomic E-state index is 0.0358. The summed E-state index contributed by atoms with van der Waals surface area (Å²) in [5, 5.41) is 0. The fourth-order valence-electron chi connectivity index (χ4n) is 9.20. The SMILES string of the molecule is CCOP(=O)(CCc1nc2ccccc2n([C@@H]2CC3C(C)CC[C@H](C2)N3[C@H]2CC(C)C(C)[C@H]3C[C@@H](C2)C3)c1=O)OCC. The number of fused-ring (bicyclic) bond motifs is 8. The van der Waals surface area contributed by atoms with E-state index < -0.39 is 7.60 Å². The molecule has 5 fully saturated rings. The van der Waals surface area contributed by atoms with E-state index in [1.54, 1.807) is 0 Å². The van der Waals surface area contributed by atoms with Gasteiger partial charge in [-0.15, -0.1) is 0 Å². The summed E-state index contributed by atoms with van der Waals surface area (Å²) in [6, 6.07) is 9.88. The highest BCUT2D eigenvalue weighted by molar-refractivity contribution is 7.53. The van der Waals surface area contributed by atoms with Crippen LogP contribution in [0.5, 0.6) is 0 Å². The van der Waals surface area contributed by atoms with Gasteiger partial charge in [0.15, 0.2) is 0 Å². The molecular weight excluding hydrogens is 545 g/mol. The van der Waals surface area contributed by atoms with Crippen molar-refractivity contribution in [2.24, 2.45) is 29.6 Å². The molecule has 7 atom stereocenters. The molecule has 3 heterocycles. The molecule has 0 amide bonds. The quantitative estimate of drug-likeness (QED) is 0.279. The molecule has 42 heavy (non-hydrogen) atoms. The van der Waals surface area contributed by atoms with E-state index in [-0.39, 0.29) is 24.2 Å². The third kappa shape index (κ3) is 5.80. The second-order valence-electron chi connectivity index (χ2n) is 14.0. The maximum atomic E-state index is 14.2. The topological polar surface area (TPSA) is 73.7 Å². The third-order valence-electron chi connectivity index (χ3n) is 11.6. The van der Waals surface area contributed by atoms with Gasteiger partial charge in [0.25, 0.3) is 5.56 Å². The number of hydrogen-bond donors (Lipinski definition) is 0. The van der Waals surface area contributed by atoms with Crippen LogP contribution in [0.2, 0.25) is 0 Å². The third-order valence-corrected chi connectivity index (χ3v) is 13.6. The van der Waals surface area contributed by atoms with Crippen LogP contribution in [-0.4, -0.2) is 52.0 Å². The Morgan fingerprint density at radius 1 is 0.881 bits per heavy atom. The molecule has 0 spiro atoms. The van der Waals surface area contributed by atoms with Crippen molar-refractivity contribution in [1.82, 2.24) is 14.5 Å². The Kier molecular flexibility index (Phi) is 9.05. The standard InChI is InChI=1S/C34H52N3O4P/c1-6-40-42(39,41-7-2)15-14-31-34(38)37(32-11-9-8-10-30(32)35-31)29-20-27-13-12-22(3)33(21-29)36(27)28-16-23(4)24(5)26-17-25(18-26)19-28/h8-11,22-29,33H,6-7,12-21H2,1-5H3/t22?,23?,24?,25-,26+,27-,28+,29+,33?/m1/s1. The molecule has 7 rings (SSSR count). The van der Waals surface area contributed by atoms with Crippen molar-refractivity contribution in [1.29, 1.82) is 0 Å². The zero-order chi connectivity index (χ0) is 29.6. The van der Waals surface area contributed by atoms with Gasteiger partial charge in [0.05, 0.1) is 30.4 Å². The van der Waals surface area contributed by atoms with Gasteiger partial charge in [-0.05, 0) is 107 Å². The van der Waals surface area contributed by atoms with Gasteiger partial charge in [0, 0.05) is 30.6 Å². The monoisotopic (exact) mass is 597 g/mol. The van der Waals surface area contributed by atoms with Crippen LogP contribution in [0.4, 0.5) is 0 Å². The van der Waals surface area contributed by atoms with Crippen molar-refractivity contribution in [3.05, 3.63) is 40.3 Å². The van der Waals surface area contributed by atoms with E-state index >= 15 is 0 Å². The fourth-order valence-corrected chi connectivity index (χ4v) is 10.8. The van der Waals surface area contributed by atoms with Crippen LogP contribution in [0.15, 0.2) is 29.1 Å². The van der Waals surface area contributed by atoms with Crippen molar-refractivity contribution in [3.63, 3.8) is 0 Å². The van der Waals surface area contributed by atoms with Crippen molar-refractivity contribution < 1.29 is 13.6 Å². The van der Waals surface area contributed by atoms with Gasteiger partial charge in [0.2, 0.25) is 0 Å². The lowest BCUT2D eigenvalue weighted by molar-refractivity contribution is -0.0756. The number of hydrogen-bond acceptors (Lipinski definition) is 6. The normalized spacial score (nSPS) is 35.4. The lowest BCUT2D eigenvalue weighted by atomic mass is 9.60. The predicted octanol–water partition coefficient (Wildman–Crippen LogP) is 7.47.